The molecule has 27 heavy (non-hydrogen) atoms. The average molecular weight is 367 g/mol. The number of piperidine rings is 1. The zero-order valence-corrected chi connectivity index (χ0v) is 16.1. The molecule has 1 heterocycles. The molecule has 0 aromatic heterocycles. The zero-order valence-electron chi connectivity index (χ0n) is 16.1. The summed E-state index contributed by atoms with van der Waals surface area (Å²) in [6, 6.07) is 7.75. The van der Waals surface area contributed by atoms with E-state index in [0.717, 1.165) is 55.2 Å². The van der Waals surface area contributed by atoms with Crippen LogP contribution in [-0.2, 0) is 15.1 Å². The summed E-state index contributed by atoms with van der Waals surface area (Å²) < 4.78 is 6.10. The summed E-state index contributed by atoms with van der Waals surface area (Å²) in [5.41, 5.74) is 0.579. The molecular weight excluding hydrogens is 338 g/mol. The molecule has 0 radical (unpaired) electrons. The molecule has 144 valence electrons. The lowest BCUT2D eigenvalue weighted by Gasteiger charge is -2.35. The minimum atomic E-state index is -1.28. The van der Waals surface area contributed by atoms with Gasteiger partial charge in [-0.2, -0.15) is 0 Å². The van der Waals surface area contributed by atoms with Crippen molar-refractivity contribution in [2.75, 3.05) is 26.2 Å². The third kappa shape index (κ3) is 3.77. The molecule has 3 fully saturated rings. The van der Waals surface area contributed by atoms with E-state index in [1.807, 2.05) is 31.2 Å². The van der Waals surface area contributed by atoms with Gasteiger partial charge < -0.3 is 9.84 Å². The Morgan fingerprint density at radius 2 is 1.85 bits per heavy atom. The molecule has 1 aromatic carbocycles. The third-order valence-corrected chi connectivity index (χ3v) is 6.58. The lowest BCUT2D eigenvalue weighted by Crippen LogP contribution is -2.45. The van der Waals surface area contributed by atoms with E-state index in [2.05, 4.69) is 16.7 Å². The van der Waals surface area contributed by atoms with Gasteiger partial charge in [0.1, 0.15) is 6.61 Å². The molecule has 0 amide bonds. The Kier molecular flexibility index (Phi) is 5.25. The van der Waals surface area contributed by atoms with E-state index < -0.39 is 11.6 Å². The SMILES string of the molecule is Cc1ccc(C(OCC#CCN2C[C@H]3C[C@H]3C2)(C(=O)O)C2CCCC2)cc1. The van der Waals surface area contributed by atoms with Crippen LogP contribution in [0.3, 0.4) is 0 Å². The van der Waals surface area contributed by atoms with Crippen LogP contribution in [0.2, 0.25) is 0 Å². The van der Waals surface area contributed by atoms with Crippen molar-refractivity contribution in [1.82, 2.24) is 4.90 Å². The van der Waals surface area contributed by atoms with E-state index in [-0.39, 0.29) is 12.5 Å². The number of nitrogens with zero attached hydrogens (tertiary/aromatic N) is 1. The zero-order chi connectivity index (χ0) is 18.9. The molecule has 4 rings (SSSR count). The maximum atomic E-state index is 12.4. The molecule has 1 saturated heterocycles. The predicted octanol–water partition coefficient (Wildman–Crippen LogP) is 3.44. The average Bonchev–Trinajstić information content (AvgIpc) is 3.05. The standard InChI is InChI=1S/C23H29NO3/c1-17-8-10-21(11-9-17)23(22(25)26,20-6-2-3-7-20)27-13-5-4-12-24-15-18-14-19(18)16-24/h8-11,18-20H,2-3,6-7,12-16H2,1H3,(H,25,26)/t18-,19+,23?. The molecule has 3 aliphatic rings. The van der Waals surface area contributed by atoms with Crippen LogP contribution in [0.5, 0.6) is 0 Å². The summed E-state index contributed by atoms with van der Waals surface area (Å²) in [7, 11) is 0. The van der Waals surface area contributed by atoms with E-state index in [4.69, 9.17) is 4.74 Å². The smallest absolute Gasteiger partial charge is 0.341 e. The monoisotopic (exact) mass is 367 g/mol. The maximum Gasteiger partial charge on any atom is 0.341 e. The lowest BCUT2D eigenvalue weighted by molar-refractivity contribution is -0.174. The lowest BCUT2D eigenvalue weighted by atomic mass is 9.79. The van der Waals surface area contributed by atoms with Gasteiger partial charge in [-0.05, 0) is 43.6 Å². The molecule has 1 N–H and O–H groups in total. The fourth-order valence-corrected chi connectivity index (χ4v) is 4.92. The summed E-state index contributed by atoms with van der Waals surface area (Å²) in [5, 5.41) is 10.2. The first-order chi connectivity index (χ1) is 13.1. The molecule has 4 nitrogen and oxygen atoms in total. The number of fused-ring (bicyclic) bond motifs is 1. The topological polar surface area (TPSA) is 49.8 Å². The molecule has 1 aromatic rings. The van der Waals surface area contributed by atoms with Gasteiger partial charge in [0.25, 0.3) is 0 Å². The third-order valence-electron chi connectivity index (χ3n) is 6.58. The second-order valence-electron chi connectivity index (χ2n) is 8.48. The van der Waals surface area contributed by atoms with Gasteiger partial charge in [0.15, 0.2) is 5.60 Å². The van der Waals surface area contributed by atoms with Gasteiger partial charge in [-0.15, -0.1) is 0 Å². The maximum absolute atomic E-state index is 12.4. The van der Waals surface area contributed by atoms with E-state index in [1.165, 1.54) is 19.5 Å². The minimum Gasteiger partial charge on any atom is -0.479 e. The highest BCUT2D eigenvalue weighted by atomic mass is 16.5. The molecule has 2 aliphatic carbocycles. The molecule has 0 spiro atoms. The van der Waals surface area contributed by atoms with Gasteiger partial charge in [0.2, 0.25) is 0 Å². The highest BCUT2D eigenvalue weighted by Gasteiger charge is 2.49. The molecule has 2 saturated carbocycles. The number of aryl methyl sites for hydroxylation is 1. The molecular formula is C23H29NO3. The number of ether oxygens (including phenoxy) is 1. The van der Waals surface area contributed by atoms with Crippen LogP contribution >= 0.6 is 0 Å². The number of aliphatic carboxylic acids is 1. The van der Waals surface area contributed by atoms with Crippen molar-refractivity contribution in [3.8, 4) is 11.8 Å². The van der Waals surface area contributed by atoms with Crippen LogP contribution in [0, 0.1) is 36.5 Å². The van der Waals surface area contributed by atoms with E-state index in [1.54, 1.807) is 0 Å². The van der Waals surface area contributed by atoms with Crippen LogP contribution < -0.4 is 0 Å². The van der Waals surface area contributed by atoms with Gasteiger partial charge in [-0.3, -0.25) is 4.90 Å². The number of hydrogen-bond acceptors (Lipinski definition) is 3. The van der Waals surface area contributed by atoms with Gasteiger partial charge in [0, 0.05) is 19.0 Å². The number of carboxylic acids is 1. The molecule has 0 bridgehead atoms. The minimum absolute atomic E-state index is 0.00482. The molecule has 3 atom stereocenters. The van der Waals surface area contributed by atoms with Gasteiger partial charge >= 0.3 is 5.97 Å². The normalized spacial score (nSPS) is 26.9. The molecule has 1 aliphatic heterocycles. The summed E-state index contributed by atoms with van der Waals surface area (Å²) in [6.07, 6.45) is 5.32. The van der Waals surface area contributed by atoms with Crippen LogP contribution in [-0.4, -0.2) is 42.2 Å². The Labute approximate surface area is 161 Å². The van der Waals surface area contributed by atoms with Gasteiger partial charge in [0.05, 0.1) is 6.54 Å². The summed E-state index contributed by atoms with van der Waals surface area (Å²) >= 11 is 0. The van der Waals surface area contributed by atoms with E-state index >= 15 is 0 Å². The van der Waals surface area contributed by atoms with Gasteiger partial charge in [-0.1, -0.05) is 54.5 Å². The Morgan fingerprint density at radius 1 is 1.19 bits per heavy atom. The second kappa shape index (κ2) is 7.66. The Hall–Kier alpha value is -1.83. The van der Waals surface area contributed by atoms with Crippen LogP contribution in [0.25, 0.3) is 0 Å². The van der Waals surface area contributed by atoms with Crippen LogP contribution in [0.1, 0.15) is 43.2 Å². The van der Waals surface area contributed by atoms with Crippen molar-refractivity contribution < 1.29 is 14.6 Å². The van der Waals surface area contributed by atoms with E-state index in [9.17, 15) is 9.90 Å². The highest BCUT2D eigenvalue weighted by molar-refractivity contribution is 5.80. The first-order valence-electron chi connectivity index (χ1n) is 10.2. The number of benzene rings is 1. The summed E-state index contributed by atoms with van der Waals surface area (Å²) in [5.74, 6) is 7.20. The van der Waals surface area contributed by atoms with Crippen LogP contribution in [0.4, 0.5) is 0 Å². The van der Waals surface area contributed by atoms with Crippen molar-refractivity contribution in [3.63, 3.8) is 0 Å². The molecule has 4 heteroatoms. The second-order valence-corrected chi connectivity index (χ2v) is 8.48. The van der Waals surface area contributed by atoms with Crippen molar-refractivity contribution in [3.05, 3.63) is 35.4 Å². The first-order valence-corrected chi connectivity index (χ1v) is 10.2. The van der Waals surface area contributed by atoms with Crippen molar-refractivity contribution in [1.29, 1.82) is 0 Å². The van der Waals surface area contributed by atoms with Crippen molar-refractivity contribution in [2.24, 2.45) is 17.8 Å². The predicted molar refractivity (Wildman–Crippen MR) is 104 cm³/mol. The highest BCUT2D eigenvalue weighted by Crippen LogP contribution is 2.45. The quantitative estimate of drug-likeness (QED) is 0.783. The Balaban J connectivity index is 1.47. The number of carboxylic acid groups (broad SMARTS) is 1. The largest absolute Gasteiger partial charge is 0.479 e. The Bertz CT molecular complexity index is 731. The number of carbonyl (C=O) groups is 1. The first kappa shape index (κ1) is 18.5. The van der Waals surface area contributed by atoms with Crippen LogP contribution in [0.15, 0.2) is 24.3 Å². The van der Waals surface area contributed by atoms with Crippen molar-refractivity contribution >= 4 is 5.97 Å². The number of rotatable bonds is 6. The molecule has 1 unspecified atom stereocenters. The fourth-order valence-electron chi connectivity index (χ4n) is 4.92. The Morgan fingerprint density at radius 3 is 2.48 bits per heavy atom. The summed E-state index contributed by atoms with van der Waals surface area (Å²) in [4.78, 5) is 14.8. The van der Waals surface area contributed by atoms with Gasteiger partial charge in [-0.25, -0.2) is 4.79 Å². The summed E-state index contributed by atoms with van der Waals surface area (Å²) in [6.45, 7) is 5.29. The fraction of sp³-hybridized carbons (Fsp3) is 0.609. The van der Waals surface area contributed by atoms with E-state index in [0.29, 0.717) is 0 Å². The van der Waals surface area contributed by atoms with Crippen molar-refractivity contribution in [2.45, 2.75) is 44.6 Å². The number of hydrogen-bond donors (Lipinski definition) is 1. The number of likely N-dealkylation sites (tertiary alicyclic amines) is 1.